The van der Waals surface area contributed by atoms with E-state index < -0.39 is 5.60 Å². The Morgan fingerprint density at radius 2 is 1.88 bits per heavy atom. The molecule has 2 fully saturated rings. The average molecular weight is 239 g/mol. The van der Waals surface area contributed by atoms with Crippen molar-refractivity contribution in [2.45, 2.75) is 77.4 Å². The number of nitrogens with one attached hydrogen (secondary N) is 1. The summed E-state index contributed by atoms with van der Waals surface area (Å²) in [7, 11) is 0. The van der Waals surface area contributed by atoms with E-state index in [0.29, 0.717) is 17.4 Å². The van der Waals surface area contributed by atoms with Gasteiger partial charge in [0.25, 0.3) is 0 Å². The third kappa shape index (κ3) is 3.23. The van der Waals surface area contributed by atoms with E-state index in [1.54, 1.807) is 0 Å². The zero-order chi connectivity index (χ0) is 12.5. The molecule has 0 aromatic carbocycles. The smallest absolute Gasteiger partial charge is 0.0807 e. The highest BCUT2D eigenvalue weighted by molar-refractivity contribution is 5.00. The van der Waals surface area contributed by atoms with Crippen molar-refractivity contribution in [2.75, 3.05) is 6.54 Å². The van der Waals surface area contributed by atoms with Crippen LogP contribution in [0.4, 0.5) is 0 Å². The monoisotopic (exact) mass is 239 g/mol. The van der Waals surface area contributed by atoms with Crippen LogP contribution < -0.4 is 5.32 Å². The topological polar surface area (TPSA) is 32.3 Å². The molecule has 1 saturated heterocycles. The van der Waals surface area contributed by atoms with Gasteiger partial charge in [0.15, 0.2) is 0 Å². The van der Waals surface area contributed by atoms with Gasteiger partial charge in [0, 0.05) is 6.04 Å². The largest absolute Gasteiger partial charge is 0.388 e. The van der Waals surface area contributed by atoms with E-state index in [2.05, 4.69) is 26.1 Å². The normalized spacial score (nSPS) is 43.1. The van der Waals surface area contributed by atoms with Crippen molar-refractivity contribution in [1.29, 1.82) is 0 Å². The fraction of sp³-hybridized carbons (Fsp3) is 1.00. The Kier molecular flexibility index (Phi) is 3.84. The Morgan fingerprint density at radius 1 is 1.12 bits per heavy atom. The average Bonchev–Trinajstić information content (AvgIpc) is 2.41. The van der Waals surface area contributed by atoms with E-state index in [9.17, 15) is 5.11 Å². The van der Waals surface area contributed by atoms with E-state index in [1.165, 1.54) is 25.7 Å². The summed E-state index contributed by atoms with van der Waals surface area (Å²) in [4.78, 5) is 0. The van der Waals surface area contributed by atoms with Gasteiger partial charge in [-0.05, 0) is 50.0 Å². The van der Waals surface area contributed by atoms with Crippen LogP contribution in [-0.4, -0.2) is 23.3 Å². The van der Waals surface area contributed by atoms with Gasteiger partial charge in [-0.1, -0.05) is 33.6 Å². The van der Waals surface area contributed by atoms with Crippen molar-refractivity contribution < 1.29 is 5.11 Å². The SMILES string of the molecule is CC1CC(C)(C)CC(O)(C2CCCCCN2)C1. The zero-order valence-corrected chi connectivity index (χ0v) is 11.8. The minimum absolute atomic E-state index is 0.292. The van der Waals surface area contributed by atoms with Crippen LogP contribution in [0.5, 0.6) is 0 Å². The number of hydrogen-bond donors (Lipinski definition) is 2. The fourth-order valence-corrected chi connectivity index (χ4v) is 4.34. The molecule has 0 bridgehead atoms. The van der Waals surface area contributed by atoms with Crippen molar-refractivity contribution in [3.05, 3.63) is 0 Å². The highest BCUT2D eigenvalue weighted by Crippen LogP contribution is 2.46. The quantitative estimate of drug-likeness (QED) is 0.737. The van der Waals surface area contributed by atoms with Crippen LogP contribution in [0.25, 0.3) is 0 Å². The number of rotatable bonds is 1. The molecule has 0 radical (unpaired) electrons. The predicted molar refractivity (Wildman–Crippen MR) is 72.0 cm³/mol. The first-order valence-electron chi connectivity index (χ1n) is 7.37. The van der Waals surface area contributed by atoms with Crippen LogP contribution in [-0.2, 0) is 0 Å². The Bertz CT molecular complexity index is 256. The molecule has 2 rings (SSSR count). The summed E-state index contributed by atoms with van der Waals surface area (Å²) in [5, 5.41) is 14.7. The van der Waals surface area contributed by atoms with E-state index in [-0.39, 0.29) is 0 Å². The van der Waals surface area contributed by atoms with Gasteiger partial charge in [-0.15, -0.1) is 0 Å². The standard InChI is InChI=1S/C15H29NO/c1-12-9-14(2,3)11-15(17,10-12)13-7-5-4-6-8-16-13/h12-13,16-17H,4-11H2,1-3H3. The summed E-state index contributed by atoms with van der Waals surface area (Å²) in [6, 6.07) is 0.326. The summed E-state index contributed by atoms with van der Waals surface area (Å²) < 4.78 is 0. The Hall–Kier alpha value is -0.0800. The number of aliphatic hydroxyl groups is 1. The maximum absolute atomic E-state index is 11.1. The zero-order valence-electron chi connectivity index (χ0n) is 11.8. The van der Waals surface area contributed by atoms with E-state index in [4.69, 9.17) is 0 Å². The maximum atomic E-state index is 11.1. The molecule has 2 N–H and O–H groups in total. The van der Waals surface area contributed by atoms with E-state index in [1.807, 2.05) is 0 Å². The first kappa shape index (κ1) is 13.4. The molecular weight excluding hydrogens is 210 g/mol. The third-order valence-electron chi connectivity index (χ3n) is 4.60. The minimum atomic E-state index is -0.467. The lowest BCUT2D eigenvalue weighted by Crippen LogP contribution is -2.55. The Labute approximate surface area is 106 Å². The lowest BCUT2D eigenvalue weighted by atomic mass is 9.63. The van der Waals surface area contributed by atoms with Crippen molar-refractivity contribution in [3.63, 3.8) is 0 Å². The lowest BCUT2D eigenvalue weighted by Gasteiger charge is -2.48. The van der Waals surface area contributed by atoms with Crippen molar-refractivity contribution in [3.8, 4) is 0 Å². The van der Waals surface area contributed by atoms with Gasteiger partial charge in [-0.25, -0.2) is 0 Å². The van der Waals surface area contributed by atoms with Gasteiger partial charge >= 0.3 is 0 Å². The molecule has 1 aliphatic heterocycles. The summed E-state index contributed by atoms with van der Waals surface area (Å²) in [5.74, 6) is 0.647. The van der Waals surface area contributed by atoms with Gasteiger partial charge < -0.3 is 10.4 Å². The van der Waals surface area contributed by atoms with Gasteiger partial charge in [0.05, 0.1) is 5.60 Å². The molecule has 2 heteroatoms. The Balaban J connectivity index is 2.10. The number of hydrogen-bond acceptors (Lipinski definition) is 2. The van der Waals surface area contributed by atoms with Crippen molar-refractivity contribution in [2.24, 2.45) is 11.3 Å². The second-order valence-electron chi connectivity index (χ2n) is 7.31. The van der Waals surface area contributed by atoms with Gasteiger partial charge in [0.2, 0.25) is 0 Å². The van der Waals surface area contributed by atoms with Crippen molar-refractivity contribution in [1.82, 2.24) is 5.32 Å². The van der Waals surface area contributed by atoms with E-state index >= 15 is 0 Å². The molecule has 1 aliphatic carbocycles. The Morgan fingerprint density at radius 3 is 2.59 bits per heavy atom. The molecular formula is C15H29NO. The molecule has 2 nitrogen and oxygen atoms in total. The van der Waals surface area contributed by atoms with Crippen LogP contribution in [0.15, 0.2) is 0 Å². The second kappa shape index (κ2) is 4.89. The molecule has 3 atom stereocenters. The summed E-state index contributed by atoms with van der Waals surface area (Å²) in [5.41, 5.74) is -0.175. The van der Waals surface area contributed by atoms with Crippen molar-refractivity contribution >= 4 is 0 Å². The molecule has 0 aromatic heterocycles. The van der Waals surface area contributed by atoms with Crippen LogP contribution in [0.1, 0.15) is 65.7 Å². The summed E-state index contributed by atoms with van der Waals surface area (Å²) in [6.07, 6.45) is 8.20. The highest BCUT2D eigenvalue weighted by atomic mass is 16.3. The van der Waals surface area contributed by atoms with Crippen LogP contribution >= 0.6 is 0 Å². The molecule has 1 saturated carbocycles. The first-order valence-corrected chi connectivity index (χ1v) is 7.37. The third-order valence-corrected chi connectivity index (χ3v) is 4.60. The highest BCUT2D eigenvalue weighted by Gasteiger charge is 2.46. The fourth-order valence-electron chi connectivity index (χ4n) is 4.34. The summed E-state index contributed by atoms with van der Waals surface area (Å²) in [6.45, 7) is 8.00. The molecule has 3 unspecified atom stereocenters. The molecule has 1 heterocycles. The van der Waals surface area contributed by atoms with Gasteiger partial charge in [-0.2, -0.15) is 0 Å². The molecule has 2 aliphatic rings. The maximum Gasteiger partial charge on any atom is 0.0807 e. The molecule has 0 amide bonds. The van der Waals surface area contributed by atoms with Crippen LogP contribution in [0.3, 0.4) is 0 Å². The van der Waals surface area contributed by atoms with E-state index in [0.717, 1.165) is 25.8 Å². The molecule has 100 valence electrons. The molecule has 17 heavy (non-hydrogen) atoms. The van der Waals surface area contributed by atoms with Gasteiger partial charge in [-0.3, -0.25) is 0 Å². The lowest BCUT2D eigenvalue weighted by molar-refractivity contribution is -0.0841. The van der Waals surface area contributed by atoms with Crippen LogP contribution in [0, 0.1) is 11.3 Å². The first-order chi connectivity index (χ1) is 7.91. The summed E-state index contributed by atoms with van der Waals surface area (Å²) >= 11 is 0. The molecule has 0 spiro atoms. The minimum Gasteiger partial charge on any atom is -0.388 e. The second-order valence-corrected chi connectivity index (χ2v) is 7.31. The molecule has 0 aromatic rings. The van der Waals surface area contributed by atoms with Gasteiger partial charge in [0.1, 0.15) is 0 Å². The van der Waals surface area contributed by atoms with Crippen LogP contribution in [0.2, 0.25) is 0 Å². The predicted octanol–water partition coefficient (Wildman–Crippen LogP) is 3.10.